The van der Waals surface area contributed by atoms with E-state index in [-0.39, 0.29) is 49.3 Å². The fourth-order valence-corrected chi connectivity index (χ4v) is 15.4. The van der Waals surface area contributed by atoms with E-state index in [2.05, 4.69) is 97.5 Å². The molecule has 0 bridgehead atoms. The van der Waals surface area contributed by atoms with Crippen LogP contribution >= 0.6 is 14.7 Å². The number of rotatable bonds is 18. The molecular formula is C76H74F2N4O6P2. The van der Waals surface area contributed by atoms with E-state index in [4.69, 9.17) is 29.5 Å². The van der Waals surface area contributed by atoms with E-state index in [0.717, 1.165) is 101 Å². The van der Waals surface area contributed by atoms with Gasteiger partial charge in [-0.3, -0.25) is 4.57 Å². The molecule has 0 aliphatic carbocycles. The summed E-state index contributed by atoms with van der Waals surface area (Å²) in [5.41, 5.74) is 14.1. The molecule has 90 heavy (non-hydrogen) atoms. The van der Waals surface area contributed by atoms with E-state index < -0.39 is 14.7 Å². The van der Waals surface area contributed by atoms with Gasteiger partial charge in [0.05, 0.1) is 30.9 Å². The molecule has 0 radical (unpaired) electrons. The molecule has 14 heteroatoms. The quantitative estimate of drug-likeness (QED) is 0.0497. The number of halogens is 2. The summed E-state index contributed by atoms with van der Waals surface area (Å²) >= 11 is 0. The fraction of sp³-hybridized carbons (Fsp3) is 0.158. The van der Waals surface area contributed by atoms with E-state index in [1.807, 2.05) is 184 Å². The van der Waals surface area contributed by atoms with Crippen molar-refractivity contribution in [2.24, 2.45) is 0 Å². The first kappa shape index (κ1) is 68.0. The molecule has 0 unspecified atom stereocenters. The van der Waals surface area contributed by atoms with Crippen molar-refractivity contribution in [3.63, 3.8) is 0 Å². The molecule has 0 aliphatic heterocycles. The summed E-state index contributed by atoms with van der Waals surface area (Å²) in [5.74, 6) is -0.394. The number of benzene rings is 9. The Bertz CT molecular complexity index is 4050. The molecule has 0 fully saturated rings. The maximum Gasteiger partial charge on any atom is 0.350 e. The molecule has 10 nitrogen and oxygen atoms in total. The highest BCUT2D eigenvalue weighted by Gasteiger charge is 2.36. The molecule has 0 aliphatic rings. The molecule has 0 spiro atoms. The molecule has 0 saturated heterocycles. The Morgan fingerprint density at radius 2 is 0.622 bits per heavy atom. The van der Waals surface area contributed by atoms with Crippen LogP contribution in [0.4, 0.5) is 8.78 Å². The summed E-state index contributed by atoms with van der Waals surface area (Å²) in [5, 5.41) is 12.4. The minimum absolute atomic E-state index is 0.0571. The average Bonchev–Trinajstić information content (AvgIpc) is 1.58. The summed E-state index contributed by atoms with van der Waals surface area (Å²) in [6, 6.07) is 85.9. The second-order valence-corrected chi connectivity index (χ2v) is 25.9. The molecule has 11 rings (SSSR count). The van der Waals surface area contributed by atoms with Gasteiger partial charge in [0, 0.05) is 44.3 Å². The number of carbonyl (C=O) groups excluding carboxylic acids is 2. The molecule has 11 aromatic rings. The highest BCUT2D eigenvalue weighted by Crippen LogP contribution is 2.56. The van der Waals surface area contributed by atoms with Crippen molar-refractivity contribution in [2.45, 2.75) is 65.9 Å². The number of hydrogen-bond donors (Lipinski definition) is 2. The first-order chi connectivity index (χ1) is 43.7. The van der Waals surface area contributed by atoms with Crippen LogP contribution in [0.1, 0.15) is 64.8 Å². The standard InChI is InChI=1S/C38H33FNOP.C30H33FNO3P.C6H6.2CHNO/c1-28(2)37-35(29-15-7-3-8-16-29)36(30-17-9-4-10-18-30)38(31-23-25-32(39)26-24-31)40(37)27-42(41,33-19-11-5-12-20-33)34-21-13-6-14-22-34;1-5-34-36(33,35-6-2)21-32-29(22(3)4)27(23-13-9-7-10-14-23)28(24-15-11-8-12-16-24)30(32)25-17-19-26(31)20-18-25;1-2-4-6-5-3-1;2*2-1-3/h3-26,28H,27H2,1-2H3;7-20,22H,5-6,21H2,1-4H3;1-6H;2*2H. The normalized spacial score (nSPS) is 10.9. The number of isocyanates is 2. The van der Waals surface area contributed by atoms with E-state index >= 15 is 4.57 Å². The fourth-order valence-electron chi connectivity index (χ4n) is 11.1. The predicted octanol–water partition coefficient (Wildman–Crippen LogP) is 20.2. The first-order valence-electron chi connectivity index (χ1n) is 29.6. The smallest absolute Gasteiger partial charge is 0.335 e. The Labute approximate surface area is 527 Å². The molecule has 0 amide bonds. The van der Waals surface area contributed by atoms with Crippen LogP contribution in [0.15, 0.2) is 267 Å². The molecule has 9 aromatic carbocycles. The van der Waals surface area contributed by atoms with Crippen LogP contribution in [0.3, 0.4) is 0 Å². The Morgan fingerprint density at radius 3 is 0.889 bits per heavy atom. The van der Waals surface area contributed by atoms with Gasteiger partial charge < -0.3 is 22.7 Å². The second-order valence-electron chi connectivity index (χ2n) is 21.1. The lowest BCUT2D eigenvalue weighted by Gasteiger charge is -2.25. The average molecular weight is 1240 g/mol. The minimum Gasteiger partial charge on any atom is -0.335 e. The number of hydrogen-bond acceptors (Lipinski definition) is 8. The molecule has 0 saturated carbocycles. The lowest BCUT2D eigenvalue weighted by molar-refractivity contribution is 0.214. The third-order valence-corrected chi connectivity index (χ3v) is 19.4. The van der Waals surface area contributed by atoms with Gasteiger partial charge in [-0.25, -0.2) is 29.2 Å². The monoisotopic (exact) mass is 1240 g/mol. The van der Waals surface area contributed by atoms with Gasteiger partial charge in [-0.15, -0.1) is 0 Å². The minimum atomic E-state index is -3.47. The summed E-state index contributed by atoms with van der Waals surface area (Å²) < 4.78 is 73.4. The van der Waals surface area contributed by atoms with E-state index in [0.29, 0.717) is 0 Å². The van der Waals surface area contributed by atoms with Gasteiger partial charge in [-0.1, -0.05) is 246 Å². The third kappa shape index (κ3) is 17.0. The number of nitrogens with zero attached hydrogens (tertiary/aromatic N) is 2. The van der Waals surface area contributed by atoms with Crippen LogP contribution in [0.2, 0.25) is 0 Å². The van der Waals surface area contributed by atoms with Crippen molar-refractivity contribution in [3.8, 4) is 67.0 Å². The van der Waals surface area contributed by atoms with Crippen molar-refractivity contribution in [1.82, 2.24) is 9.13 Å². The largest absolute Gasteiger partial charge is 0.350 e. The van der Waals surface area contributed by atoms with Crippen LogP contribution in [0, 0.1) is 22.5 Å². The van der Waals surface area contributed by atoms with Crippen LogP contribution in [0.25, 0.3) is 67.0 Å². The van der Waals surface area contributed by atoms with E-state index in [9.17, 15) is 13.3 Å². The van der Waals surface area contributed by atoms with Gasteiger partial charge in [-0.2, -0.15) is 0 Å². The molecule has 2 N–H and O–H groups in total. The van der Waals surface area contributed by atoms with Crippen molar-refractivity contribution >= 4 is 37.5 Å². The lowest BCUT2D eigenvalue weighted by atomic mass is 9.91. The molecule has 2 heterocycles. The topological polar surface area (TPSA) is 144 Å². The Balaban J connectivity index is 0.000000218. The van der Waals surface area contributed by atoms with Crippen molar-refractivity contribution in [1.29, 1.82) is 10.8 Å². The van der Waals surface area contributed by atoms with Gasteiger partial charge >= 0.3 is 7.60 Å². The maximum absolute atomic E-state index is 15.5. The highest BCUT2D eigenvalue weighted by molar-refractivity contribution is 7.77. The molecule has 0 atom stereocenters. The Hall–Kier alpha value is -9.46. The van der Waals surface area contributed by atoms with Crippen LogP contribution < -0.4 is 10.6 Å². The van der Waals surface area contributed by atoms with Crippen LogP contribution in [0.5, 0.6) is 0 Å². The Kier molecular flexibility index (Phi) is 25.5. The molecule has 2 aromatic heterocycles. The maximum atomic E-state index is 15.5. The predicted molar refractivity (Wildman–Crippen MR) is 363 cm³/mol. The summed E-state index contributed by atoms with van der Waals surface area (Å²) in [6.07, 6.45) is 1.83. The SMILES string of the molecule is CC(C)c1c(-c2ccccc2)c(-c2ccccc2)c(-c2ccc(F)cc2)n1CP(=O)(c1ccccc1)c1ccccc1.CCOP(=O)(Cn1c(-c2ccc(F)cc2)c(-c2ccccc2)c(-c2ccccc2)c1C(C)C)OCC.N=C=O.N=C=O.c1ccccc1. The van der Waals surface area contributed by atoms with Gasteiger partial charge in [0.2, 0.25) is 12.2 Å². The summed E-state index contributed by atoms with van der Waals surface area (Å²) in [7, 11) is -6.64. The summed E-state index contributed by atoms with van der Waals surface area (Å²) in [6.45, 7) is 12.8. The zero-order chi connectivity index (χ0) is 64.5. The van der Waals surface area contributed by atoms with Gasteiger partial charge in [-0.05, 0) is 108 Å². The summed E-state index contributed by atoms with van der Waals surface area (Å²) in [4.78, 5) is 16.7. The first-order valence-corrected chi connectivity index (χ1v) is 33.2. The second kappa shape index (κ2) is 33.8. The van der Waals surface area contributed by atoms with E-state index in [1.54, 1.807) is 12.1 Å². The van der Waals surface area contributed by atoms with Crippen LogP contribution in [-0.4, -0.2) is 34.5 Å². The van der Waals surface area contributed by atoms with Gasteiger partial charge in [0.25, 0.3) is 0 Å². The van der Waals surface area contributed by atoms with Crippen molar-refractivity contribution in [2.75, 3.05) is 13.2 Å². The van der Waals surface area contributed by atoms with Gasteiger partial charge in [0.1, 0.15) is 17.9 Å². The Morgan fingerprint density at radius 1 is 0.378 bits per heavy atom. The lowest BCUT2D eigenvalue weighted by Crippen LogP contribution is -2.21. The van der Waals surface area contributed by atoms with Gasteiger partial charge in [0.15, 0.2) is 7.14 Å². The highest BCUT2D eigenvalue weighted by atomic mass is 31.2. The zero-order valence-corrected chi connectivity index (χ0v) is 53.2. The van der Waals surface area contributed by atoms with Crippen molar-refractivity contribution in [3.05, 3.63) is 290 Å². The van der Waals surface area contributed by atoms with Crippen molar-refractivity contribution < 1.29 is 36.5 Å². The van der Waals surface area contributed by atoms with E-state index in [1.165, 1.54) is 24.3 Å². The molecular weight excluding hydrogens is 1160 g/mol. The zero-order valence-electron chi connectivity index (χ0n) is 51.4. The number of nitrogens with one attached hydrogen (secondary N) is 2. The third-order valence-electron chi connectivity index (χ3n) is 14.5. The number of aromatic nitrogens is 2. The van der Waals surface area contributed by atoms with Crippen LogP contribution in [-0.2, 0) is 40.3 Å². The molecule has 458 valence electrons.